The van der Waals surface area contributed by atoms with E-state index < -0.39 is 0 Å². The van der Waals surface area contributed by atoms with Gasteiger partial charge in [-0.2, -0.15) is 0 Å². The Kier molecular flexibility index (Phi) is 3.03. The summed E-state index contributed by atoms with van der Waals surface area (Å²) in [6, 6.07) is 7.26. The van der Waals surface area contributed by atoms with Crippen LogP contribution >= 0.6 is 0 Å². The second-order valence-corrected chi connectivity index (χ2v) is 7.78. The van der Waals surface area contributed by atoms with Crippen LogP contribution in [0.2, 0.25) is 0 Å². The molecule has 1 aromatic carbocycles. The van der Waals surface area contributed by atoms with Gasteiger partial charge >= 0.3 is 0 Å². The van der Waals surface area contributed by atoms with Gasteiger partial charge in [0.05, 0.1) is 7.11 Å². The first-order valence-electron chi connectivity index (χ1n) is 9.21. The molecule has 4 aliphatic rings. The third-order valence-electron chi connectivity index (χ3n) is 6.72. The highest BCUT2D eigenvalue weighted by molar-refractivity contribution is 5.86. The fourth-order valence-corrected chi connectivity index (χ4v) is 5.80. The second-order valence-electron chi connectivity index (χ2n) is 7.78. The van der Waals surface area contributed by atoms with Crippen molar-refractivity contribution in [2.24, 2.45) is 11.8 Å². The molecule has 0 radical (unpaired) electrons. The summed E-state index contributed by atoms with van der Waals surface area (Å²) < 4.78 is 5.46. The Labute approximate surface area is 138 Å². The van der Waals surface area contributed by atoms with E-state index in [1.54, 1.807) is 18.4 Å². The van der Waals surface area contributed by atoms with Crippen molar-refractivity contribution >= 4 is 10.9 Å². The Balaban J connectivity index is 1.66. The van der Waals surface area contributed by atoms with E-state index in [-0.39, 0.29) is 0 Å². The number of nitrogens with one attached hydrogen (secondary N) is 1. The normalized spacial score (nSPS) is 35.1. The third kappa shape index (κ3) is 1.92. The van der Waals surface area contributed by atoms with Crippen molar-refractivity contribution < 1.29 is 4.74 Å². The zero-order valence-electron chi connectivity index (χ0n) is 14.1. The maximum atomic E-state index is 5.46. The van der Waals surface area contributed by atoms with E-state index in [2.05, 4.69) is 35.0 Å². The van der Waals surface area contributed by atoms with E-state index in [4.69, 9.17) is 4.74 Å². The van der Waals surface area contributed by atoms with Crippen LogP contribution in [-0.4, -0.2) is 36.1 Å². The minimum atomic E-state index is 0.711. The molecule has 0 spiro atoms. The van der Waals surface area contributed by atoms with Crippen molar-refractivity contribution in [2.45, 2.75) is 44.6 Å². The van der Waals surface area contributed by atoms with Gasteiger partial charge in [-0.05, 0) is 54.9 Å². The number of hydrogen-bond acceptors (Lipinski definition) is 2. The van der Waals surface area contributed by atoms with Gasteiger partial charge in [0.15, 0.2) is 0 Å². The molecule has 6 rings (SSSR count). The van der Waals surface area contributed by atoms with Crippen LogP contribution in [0.3, 0.4) is 0 Å². The molecular weight excluding hydrogens is 284 g/mol. The standard InChI is InChI=1S/C20H26N2O/c1-3-13-8-12-9-17-19-15(6-7-22(11-12)20(13)17)16-10-14(23-2)4-5-18(16)21-19/h4-5,10,12-13,17,20-21H,3,6-9,11H2,1-2H3/t12-,13-,17?,20?/m0/s1. The van der Waals surface area contributed by atoms with Crippen molar-refractivity contribution in [2.75, 3.05) is 20.2 Å². The van der Waals surface area contributed by atoms with E-state index in [0.717, 1.165) is 23.6 Å². The minimum absolute atomic E-state index is 0.711. The summed E-state index contributed by atoms with van der Waals surface area (Å²) in [6.07, 6.45) is 5.35. The van der Waals surface area contributed by atoms with Crippen molar-refractivity contribution in [1.29, 1.82) is 0 Å². The van der Waals surface area contributed by atoms with Crippen molar-refractivity contribution in [1.82, 2.24) is 9.88 Å². The molecule has 5 atom stereocenters. The number of aromatic nitrogens is 1. The third-order valence-corrected chi connectivity index (χ3v) is 6.72. The van der Waals surface area contributed by atoms with Gasteiger partial charge in [-0.1, -0.05) is 13.3 Å². The summed E-state index contributed by atoms with van der Waals surface area (Å²) in [6.45, 7) is 4.95. The average Bonchev–Trinajstić information content (AvgIpc) is 2.92. The highest BCUT2D eigenvalue weighted by Gasteiger charge is 2.48. The van der Waals surface area contributed by atoms with Crippen LogP contribution in [0.15, 0.2) is 18.2 Å². The molecule has 4 heterocycles. The molecule has 3 nitrogen and oxygen atoms in total. The molecule has 3 unspecified atom stereocenters. The van der Waals surface area contributed by atoms with Crippen LogP contribution < -0.4 is 4.74 Å². The first-order chi connectivity index (χ1) is 11.3. The van der Waals surface area contributed by atoms with Crippen LogP contribution in [0.4, 0.5) is 0 Å². The van der Waals surface area contributed by atoms with Crippen LogP contribution in [0.25, 0.3) is 10.9 Å². The van der Waals surface area contributed by atoms with Gasteiger partial charge in [0.1, 0.15) is 5.75 Å². The highest BCUT2D eigenvalue weighted by atomic mass is 16.5. The molecule has 1 aromatic heterocycles. The van der Waals surface area contributed by atoms with Crippen molar-refractivity contribution in [3.05, 3.63) is 29.5 Å². The lowest BCUT2D eigenvalue weighted by molar-refractivity contribution is -0.0134. The Morgan fingerprint density at radius 1 is 1.30 bits per heavy atom. The molecule has 1 N–H and O–H groups in total. The maximum Gasteiger partial charge on any atom is 0.119 e. The molecule has 0 amide bonds. The van der Waals surface area contributed by atoms with Crippen molar-refractivity contribution in [3.8, 4) is 5.75 Å². The number of benzene rings is 1. The summed E-state index contributed by atoms with van der Waals surface area (Å²) in [5, 5.41) is 1.39. The minimum Gasteiger partial charge on any atom is -0.497 e. The number of fused-ring (bicyclic) bond motifs is 4. The second kappa shape index (κ2) is 5.01. The predicted molar refractivity (Wildman–Crippen MR) is 93.2 cm³/mol. The molecule has 122 valence electrons. The molecular formula is C20H26N2O. The number of ether oxygens (including phenoxy) is 1. The van der Waals surface area contributed by atoms with Gasteiger partial charge in [0, 0.05) is 41.6 Å². The number of methoxy groups -OCH3 is 1. The zero-order chi connectivity index (χ0) is 15.6. The van der Waals surface area contributed by atoms with Crippen LogP contribution in [0, 0.1) is 11.8 Å². The quantitative estimate of drug-likeness (QED) is 0.910. The number of hydrogen-bond donors (Lipinski definition) is 1. The SMILES string of the molecule is CC[C@H]1C[C@H]2CC3c4[nH]c5ccc(OC)cc5c4CCN(C2)C31. The van der Waals surface area contributed by atoms with E-state index in [0.29, 0.717) is 5.92 Å². The molecule has 3 fully saturated rings. The lowest BCUT2D eigenvalue weighted by Crippen LogP contribution is -2.56. The van der Waals surface area contributed by atoms with Crippen LogP contribution in [0.5, 0.6) is 5.75 Å². The number of nitrogens with zero attached hydrogens (tertiary/aromatic N) is 1. The summed E-state index contributed by atoms with van der Waals surface area (Å²) in [5.74, 6) is 3.48. The lowest BCUT2D eigenvalue weighted by Gasteiger charge is -2.53. The summed E-state index contributed by atoms with van der Waals surface area (Å²) >= 11 is 0. The molecule has 2 saturated heterocycles. The summed E-state index contributed by atoms with van der Waals surface area (Å²) in [4.78, 5) is 6.63. The average molecular weight is 310 g/mol. The zero-order valence-corrected chi connectivity index (χ0v) is 14.1. The maximum absolute atomic E-state index is 5.46. The first-order valence-corrected chi connectivity index (χ1v) is 9.21. The summed E-state index contributed by atoms with van der Waals surface area (Å²) in [7, 11) is 1.76. The molecule has 3 heteroatoms. The molecule has 4 bridgehead atoms. The first kappa shape index (κ1) is 13.9. The number of rotatable bonds is 2. The van der Waals surface area contributed by atoms with E-state index >= 15 is 0 Å². The fourth-order valence-electron chi connectivity index (χ4n) is 5.80. The Bertz CT molecular complexity index is 749. The Hall–Kier alpha value is -1.48. The van der Waals surface area contributed by atoms with Gasteiger partial charge in [-0.3, -0.25) is 4.90 Å². The van der Waals surface area contributed by atoms with Crippen molar-refractivity contribution in [3.63, 3.8) is 0 Å². The van der Waals surface area contributed by atoms with Gasteiger partial charge in [0.25, 0.3) is 0 Å². The Morgan fingerprint density at radius 3 is 3.04 bits per heavy atom. The highest BCUT2D eigenvalue weighted by Crippen LogP contribution is 2.51. The van der Waals surface area contributed by atoms with E-state index in [1.807, 2.05) is 0 Å². The van der Waals surface area contributed by atoms with Gasteiger partial charge < -0.3 is 9.72 Å². The summed E-state index contributed by atoms with van der Waals surface area (Å²) in [5.41, 5.74) is 4.40. The smallest absolute Gasteiger partial charge is 0.119 e. The number of piperidine rings is 2. The molecule has 3 aliphatic heterocycles. The fraction of sp³-hybridized carbons (Fsp3) is 0.600. The largest absolute Gasteiger partial charge is 0.497 e. The van der Waals surface area contributed by atoms with Crippen LogP contribution in [-0.2, 0) is 6.42 Å². The van der Waals surface area contributed by atoms with Gasteiger partial charge in [0.2, 0.25) is 0 Å². The lowest BCUT2D eigenvalue weighted by atomic mass is 9.65. The Morgan fingerprint density at radius 2 is 2.22 bits per heavy atom. The number of H-pyrrole nitrogens is 1. The van der Waals surface area contributed by atoms with Gasteiger partial charge in [-0.15, -0.1) is 0 Å². The van der Waals surface area contributed by atoms with E-state index in [1.165, 1.54) is 49.7 Å². The topological polar surface area (TPSA) is 28.3 Å². The molecule has 2 aromatic rings. The monoisotopic (exact) mass is 310 g/mol. The molecule has 23 heavy (non-hydrogen) atoms. The van der Waals surface area contributed by atoms with E-state index in [9.17, 15) is 0 Å². The predicted octanol–water partition coefficient (Wildman–Crippen LogP) is 3.94. The molecule has 1 aliphatic carbocycles. The number of aromatic amines is 1. The molecule has 1 saturated carbocycles. The van der Waals surface area contributed by atoms with Gasteiger partial charge in [-0.25, -0.2) is 0 Å². The van der Waals surface area contributed by atoms with Crippen LogP contribution in [0.1, 0.15) is 43.4 Å².